The molecule has 0 bridgehead atoms. The van der Waals surface area contributed by atoms with Crippen LogP contribution >= 0.6 is 0 Å². The zero-order valence-electron chi connectivity index (χ0n) is 11.7. The average Bonchev–Trinajstić information content (AvgIpc) is 2.98. The summed E-state index contributed by atoms with van der Waals surface area (Å²) in [6.45, 7) is 7.46. The van der Waals surface area contributed by atoms with E-state index in [1.165, 1.54) is 0 Å². The summed E-state index contributed by atoms with van der Waals surface area (Å²) in [5.41, 5.74) is 0.559. The Morgan fingerprint density at radius 2 is 2.15 bits per heavy atom. The van der Waals surface area contributed by atoms with Gasteiger partial charge < -0.3 is 19.7 Å². The number of carbonyl (C=O) groups is 1. The third-order valence-corrected chi connectivity index (χ3v) is 4.77. The maximum absolute atomic E-state index is 11.7. The molecule has 2 saturated heterocycles. The van der Waals surface area contributed by atoms with Gasteiger partial charge in [-0.15, -0.1) is 0 Å². The summed E-state index contributed by atoms with van der Waals surface area (Å²) < 4.78 is 10.8. The van der Waals surface area contributed by atoms with Crippen molar-refractivity contribution in [3.8, 4) is 0 Å². The molecule has 110 valence electrons. The fourth-order valence-electron chi connectivity index (χ4n) is 3.28. The van der Waals surface area contributed by atoms with Crippen LogP contribution in [0.4, 0.5) is 0 Å². The minimum absolute atomic E-state index is 0.0571. The summed E-state index contributed by atoms with van der Waals surface area (Å²) in [6, 6.07) is 0. The highest BCUT2D eigenvalue weighted by Gasteiger charge is 2.61. The molecule has 0 amide bonds. The van der Waals surface area contributed by atoms with Crippen molar-refractivity contribution in [1.82, 2.24) is 0 Å². The summed E-state index contributed by atoms with van der Waals surface area (Å²) in [6.07, 6.45) is 0.651. The Labute approximate surface area is 117 Å². The highest BCUT2D eigenvalue weighted by Crippen LogP contribution is 2.47. The summed E-state index contributed by atoms with van der Waals surface area (Å²) in [4.78, 5) is 11.7. The van der Waals surface area contributed by atoms with Gasteiger partial charge in [-0.1, -0.05) is 12.2 Å². The normalized spacial score (nSPS) is 50.6. The molecule has 1 aliphatic carbocycles. The Balaban J connectivity index is 1.97. The van der Waals surface area contributed by atoms with E-state index in [4.69, 9.17) is 9.47 Å². The lowest BCUT2D eigenvalue weighted by Gasteiger charge is -2.29. The number of hydrogen-bond acceptors (Lipinski definition) is 5. The predicted octanol–water partition coefficient (Wildman–Crippen LogP) is 0.704. The average molecular weight is 280 g/mol. The molecule has 0 spiro atoms. The molecule has 2 heterocycles. The fourth-order valence-corrected chi connectivity index (χ4v) is 3.28. The second-order valence-corrected chi connectivity index (χ2v) is 6.20. The molecule has 3 rings (SSSR count). The van der Waals surface area contributed by atoms with Crippen LogP contribution in [0.2, 0.25) is 0 Å². The lowest BCUT2D eigenvalue weighted by atomic mass is 9.81. The first-order chi connectivity index (χ1) is 9.34. The maximum Gasteiger partial charge on any atom is 0.334 e. The minimum atomic E-state index is -1.13. The topological polar surface area (TPSA) is 79.3 Å². The van der Waals surface area contributed by atoms with Crippen LogP contribution in [0, 0.1) is 5.92 Å². The van der Waals surface area contributed by atoms with Gasteiger partial charge in [0.1, 0.15) is 17.8 Å². The van der Waals surface area contributed by atoms with Crippen LogP contribution in [0.1, 0.15) is 26.7 Å². The SMILES string of the molecule is C=C1C(=O)O[C@@H]2/C=C(\C)CC[C@H]3O[C@@]3(C)C(O)[C@@H](O)[C@@H]12. The second kappa shape index (κ2) is 4.41. The van der Waals surface area contributed by atoms with Crippen molar-refractivity contribution in [1.29, 1.82) is 0 Å². The van der Waals surface area contributed by atoms with Crippen LogP contribution in [0.3, 0.4) is 0 Å². The van der Waals surface area contributed by atoms with Crippen molar-refractivity contribution in [3.63, 3.8) is 0 Å². The summed E-state index contributed by atoms with van der Waals surface area (Å²) in [7, 11) is 0. The summed E-state index contributed by atoms with van der Waals surface area (Å²) >= 11 is 0. The van der Waals surface area contributed by atoms with Crippen LogP contribution < -0.4 is 0 Å². The van der Waals surface area contributed by atoms with Gasteiger partial charge in [-0.05, 0) is 32.8 Å². The quantitative estimate of drug-likeness (QED) is 0.295. The Bertz CT molecular complexity index is 496. The molecule has 6 atom stereocenters. The molecule has 20 heavy (non-hydrogen) atoms. The van der Waals surface area contributed by atoms with E-state index in [9.17, 15) is 15.0 Å². The third kappa shape index (κ3) is 1.92. The van der Waals surface area contributed by atoms with Gasteiger partial charge in [-0.3, -0.25) is 0 Å². The number of aliphatic hydroxyl groups is 2. The van der Waals surface area contributed by atoms with Gasteiger partial charge in [0.25, 0.3) is 0 Å². The largest absolute Gasteiger partial charge is 0.454 e. The molecule has 2 N–H and O–H groups in total. The van der Waals surface area contributed by atoms with Crippen molar-refractivity contribution < 1.29 is 24.5 Å². The second-order valence-electron chi connectivity index (χ2n) is 6.20. The van der Waals surface area contributed by atoms with E-state index >= 15 is 0 Å². The van der Waals surface area contributed by atoms with Crippen LogP contribution in [0.15, 0.2) is 23.8 Å². The van der Waals surface area contributed by atoms with E-state index in [2.05, 4.69) is 6.58 Å². The molecule has 0 saturated carbocycles. The van der Waals surface area contributed by atoms with Crippen LogP contribution in [0.25, 0.3) is 0 Å². The van der Waals surface area contributed by atoms with Crippen molar-refractivity contribution in [2.45, 2.75) is 56.7 Å². The van der Waals surface area contributed by atoms with Crippen LogP contribution in [-0.4, -0.2) is 46.2 Å². The minimum Gasteiger partial charge on any atom is -0.454 e. The molecule has 2 aliphatic heterocycles. The first-order valence-corrected chi connectivity index (χ1v) is 6.95. The lowest BCUT2D eigenvalue weighted by molar-refractivity contribution is -0.138. The van der Waals surface area contributed by atoms with Crippen molar-refractivity contribution in [2.75, 3.05) is 0 Å². The number of aliphatic hydroxyl groups excluding tert-OH is 2. The zero-order chi connectivity index (χ0) is 14.7. The molecule has 0 aromatic rings. The number of esters is 1. The Morgan fingerprint density at radius 3 is 2.85 bits per heavy atom. The van der Waals surface area contributed by atoms with Gasteiger partial charge >= 0.3 is 5.97 Å². The Hall–Kier alpha value is -1.17. The van der Waals surface area contributed by atoms with Crippen LogP contribution in [0.5, 0.6) is 0 Å². The van der Waals surface area contributed by atoms with Gasteiger partial charge in [-0.25, -0.2) is 4.79 Å². The predicted molar refractivity (Wildman–Crippen MR) is 70.8 cm³/mol. The van der Waals surface area contributed by atoms with E-state index in [0.717, 1.165) is 18.4 Å². The molecule has 2 fully saturated rings. The first kappa shape index (κ1) is 13.8. The summed E-state index contributed by atoms with van der Waals surface area (Å²) in [5, 5.41) is 20.8. The number of rotatable bonds is 0. The smallest absolute Gasteiger partial charge is 0.334 e. The number of ether oxygens (including phenoxy) is 2. The van der Waals surface area contributed by atoms with Crippen LogP contribution in [-0.2, 0) is 14.3 Å². The number of epoxide rings is 1. The maximum atomic E-state index is 11.7. The van der Waals surface area contributed by atoms with Gasteiger partial charge in [0.2, 0.25) is 0 Å². The van der Waals surface area contributed by atoms with Crippen molar-refractivity contribution >= 4 is 5.97 Å². The highest BCUT2D eigenvalue weighted by atomic mass is 16.6. The number of fused-ring (bicyclic) bond motifs is 2. The van der Waals surface area contributed by atoms with E-state index in [-0.39, 0.29) is 11.7 Å². The standard InChI is InChI=1S/C15H20O5/c1-7-4-5-10-15(3,20-10)13(17)12(16)11-8(2)14(18)19-9(11)6-7/h6,9-13,16-17H,2,4-5H2,1,3H3/b7-6+/t9-,10-,11+,12+,13?,15-/m1/s1. The van der Waals surface area contributed by atoms with E-state index in [1.54, 1.807) is 6.92 Å². The monoisotopic (exact) mass is 280 g/mol. The Morgan fingerprint density at radius 1 is 1.45 bits per heavy atom. The van der Waals surface area contributed by atoms with Gasteiger partial charge in [0, 0.05) is 5.57 Å². The molecule has 3 aliphatic rings. The molecular formula is C15H20O5. The van der Waals surface area contributed by atoms with E-state index < -0.39 is 35.8 Å². The number of allylic oxidation sites excluding steroid dienone is 1. The van der Waals surface area contributed by atoms with E-state index in [1.807, 2.05) is 13.0 Å². The zero-order valence-corrected chi connectivity index (χ0v) is 11.7. The highest BCUT2D eigenvalue weighted by molar-refractivity contribution is 5.91. The van der Waals surface area contributed by atoms with Crippen molar-refractivity contribution in [2.24, 2.45) is 5.92 Å². The van der Waals surface area contributed by atoms with E-state index in [0.29, 0.717) is 0 Å². The summed E-state index contributed by atoms with van der Waals surface area (Å²) in [5.74, 6) is -1.12. The molecule has 0 aromatic carbocycles. The molecule has 0 radical (unpaired) electrons. The lowest BCUT2D eigenvalue weighted by Crippen LogP contribution is -2.46. The van der Waals surface area contributed by atoms with Gasteiger partial charge in [-0.2, -0.15) is 0 Å². The van der Waals surface area contributed by atoms with Gasteiger partial charge in [0.05, 0.1) is 18.1 Å². The number of hydrogen-bond donors (Lipinski definition) is 2. The molecule has 0 aromatic heterocycles. The molecule has 5 nitrogen and oxygen atoms in total. The molecule has 5 heteroatoms. The van der Waals surface area contributed by atoms with Gasteiger partial charge in [0.15, 0.2) is 0 Å². The first-order valence-electron chi connectivity index (χ1n) is 6.95. The molecule has 1 unspecified atom stereocenters. The number of carbonyl (C=O) groups excluding carboxylic acids is 1. The Kier molecular flexibility index (Phi) is 3.04. The third-order valence-electron chi connectivity index (χ3n) is 4.77. The molecular weight excluding hydrogens is 260 g/mol. The fraction of sp³-hybridized carbons (Fsp3) is 0.667. The van der Waals surface area contributed by atoms with Crippen molar-refractivity contribution in [3.05, 3.63) is 23.8 Å².